The Morgan fingerprint density at radius 3 is 2.68 bits per heavy atom. The van der Waals surface area contributed by atoms with E-state index in [1.807, 2.05) is 32.9 Å². The van der Waals surface area contributed by atoms with E-state index in [-0.39, 0.29) is 11.5 Å². The van der Waals surface area contributed by atoms with Crippen molar-refractivity contribution in [3.05, 3.63) is 34.9 Å². The van der Waals surface area contributed by atoms with Gasteiger partial charge in [0.25, 0.3) is 0 Å². The quantitative estimate of drug-likeness (QED) is 0.777. The third kappa shape index (κ3) is 2.41. The van der Waals surface area contributed by atoms with E-state index in [4.69, 9.17) is 5.26 Å². The number of nitriles is 1. The highest BCUT2D eigenvalue weighted by Gasteiger charge is 2.38. The van der Waals surface area contributed by atoms with Crippen LogP contribution in [0.25, 0.3) is 0 Å². The van der Waals surface area contributed by atoms with Gasteiger partial charge in [-0.05, 0) is 35.1 Å². The predicted octanol–water partition coefficient (Wildman–Crippen LogP) is 3.18. The molecule has 19 heavy (non-hydrogen) atoms. The SMILES string of the molecule is CC(C)(C)C1c2ccc(C#N)cc2CCN1C(=O)O. The molecular weight excluding hydrogens is 240 g/mol. The molecule has 1 N–H and O–H groups in total. The van der Waals surface area contributed by atoms with E-state index in [0.29, 0.717) is 18.5 Å². The summed E-state index contributed by atoms with van der Waals surface area (Å²) < 4.78 is 0. The lowest BCUT2D eigenvalue weighted by molar-refractivity contribution is 0.0759. The maximum atomic E-state index is 11.4. The van der Waals surface area contributed by atoms with Gasteiger partial charge in [0.1, 0.15) is 0 Å². The first kappa shape index (κ1) is 13.4. The summed E-state index contributed by atoms with van der Waals surface area (Å²) in [5, 5.41) is 18.3. The minimum Gasteiger partial charge on any atom is -0.465 e. The minimum atomic E-state index is -0.880. The van der Waals surface area contributed by atoms with E-state index in [1.165, 1.54) is 4.90 Å². The third-order valence-electron chi connectivity index (χ3n) is 3.57. The zero-order chi connectivity index (χ0) is 14.2. The number of benzene rings is 1. The van der Waals surface area contributed by atoms with Gasteiger partial charge in [-0.2, -0.15) is 5.26 Å². The summed E-state index contributed by atoms with van der Waals surface area (Å²) in [7, 11) is 0. The van der Waals surface area contributed by atoms with E-state index in [2.05, 4.69) is 6.07 Å². The summed E-state index contributed by atoms with van der Waals surface area (Å²) >= 11 is 0. The first-order chi connectivity index (χ1) is 8.84. The lowest BCUT2D eigenvalue weighted by Gasteiger charge is -2.43. The van der Waals surface area contributed by atoms with E-state index < -0.39 is 6.09 Å². The molecule has 1 unspecified atom stereocenters. The molecule has 1 aromatic rings. The van der Waals surface area contributed by atoms with Crippen LogP contribution in [0.2, 0.25) is 0 Å². The van der Waals surface area contributed by atoms with Gasteiger partial charge in [-0.3, -0.25) is 0 Å². The Morgan fingerprint density at radius 1 is 1.47 bits per heavy atom. The molecule has 0 bridgehead atoms. The molecule has 1 aliphatic heterocycles. The van der Waals surface area contributed by atoms with Gasteiger partial charge < -0.3 is 10.0 Å². The Kier molecular flexibility index (Phi) is 3.23. The van der Waals surface area contributed by atoms with Gasteiger partial charge in [0.2, 0.25) is 0 Å². The van der Waals surface area contributed by atoms with Crippen LogP contribution in [-0.4, -0.2) is 22.6 Å². The standard InChI is InChI=1S/C15H18N2O2/c1-15(2,3)13-12-5-4-10(9-16)8-11(12)6-7-17(13)14(18)19/h4-5,8,13H,6-7H2,1-3H3,(H,18,19). The summed E-state index contributed by atoms with van der Waals surface area (Å²) in [5.74, 6) is 0. The van der Waals surface area contributed by atoms with Gasteiger partial charge in [-0.1, -0.05) is 26.8 Å². The molecule has 1 aliphatic rings. The second kappa shape index (κ2) is 4.58. The zero-order valence-corrected chi connectivity index (χ0v) is 11.5. The second-order valence-electron chi connectivity index (χ2n) is 6.02. The van der Waals surface area contributed by atoms with Crippen molar-refractivity contribution in [2.45, 2.75) is 33.2 Å². The fraction of sp³-hybridized carbons (Fsp3) is 0.467. The first-order valence-electron chi connectivity index (χ1n) is 6.37. The third-order valence-corrected chi connectivity index (χ3v) is 3.57. The number of fused-ring (bicyclic) bond motifs is 1. The average Bonchev–Trinajstić information content (AvgIpc) is 2.35. The summed E-state index contributed by atoms with van der Waals surface area (Å²) in [6, 6.07) is 7.52. The van der Waals surface area contributed by atoms with Crippen molar-refractivity contribution in [1.29, 1.82) is 5.26 Å². The van der Waals surface area contributed by atoms with Crippen LogP contribution in [0.5, 0.6) is 0 Å². The lowest BCUT2D eigenvalue weighted by atomic mass is 9.77. The highest BCUT2D eigenvalue weighted by Crippen LogP contribution is 2.42. The van der Waals surface area contributed by atoms with Crippen LogP contribution in [0.4, 0.5) is 4.79 Å². The number of carboxylic acid groups (broad SMARTS) is 1. The highest BCUT2D eigenvalue weighted by atomic mass is 16.4. The number of nitrogens with zero attached hydrogens (tertiary/aromatic N) is 2. The van der Waals surface area contributed by atoms with Crippen LogP contribution < -0.4 is 0 Å². The Hall–Kier alpha value is -2.02. The van der Waals surface area contributed by atoms with Gasteiger partial charge in [0.05, 0.1) is 17.7 Å². The number of hydrogen-bond acceptors (Lipinski definition) is 2. The molecule has 4 heteroatoms. The van der Waals surface area contributed by atoms with Crippen molar-refractivity contribution >= 4 is 6.09 Å². The molecule has 1 amide bonds. The normalized spacial score (nSPS) is 18.6. The van der Waals surface area contributed by atoms with Crippen LogP contribution in [0.15, 0.2) is 18.2 Å². The Balaban J connectivity index is 2.54. The Morgan fingerprint density at radius 2 is 2.16 bits per heavy atom. The summed E-state index contributed by atoms with van der Waals surface area (Å²) in [5.41, 5.74) is 2.58. The van der Waals surface area contributed by atoms with E-state index in [1.54, 1.807) is 6.07 Å². The topological polar surface area (TPSA) is 64.3 Å². The van der Waals surface area contributed by atoms with Crippen LogP contribution in [0.3, 0.4) is 0 Å². The number of carbonyl (C=O) groups is 1. The molecular formula is C15H18N2O2. The van der Waals surface area contributed by atoms with Gasteiger partial charge in [0.15, 0.2) is 0 Å². The van der Waals surface area contributed by atoms with Crippen molar-refractivity contribution in [3.8, 4) is 6.07 Å². The molecule has 100 valence electrons. The maximum absolute atomic E-state index is 11.4. The summed E-state index contributed by atoms with van der Waals surface area (Å²) in [4.78, 5) is 12.9. The Labute approximate surface area is 113 Å². The monoisotopic (exact) mass is 258 g/mol. The van der Waals surface area contributed by atoms with Gasteiger partial charge >= 0.3 is 6.09 Å². The van der Waals surface area contributed by atoms with Crippen molar-refractivity contribution in [3.63, 3.8) is 0 Å². The van der Waals surface area contributed by atoms with Crippen LogP contribution in [-0.2, 0) is 6.42 Å². The minimum absolute atomic E-state index is 0.165. The largest absolute Gasteiger partial charge is 0.465 e. The first-order valence-corrected chi connectivity index (χ1v) is 6.37. The molecule has 0 saturated carbocycles. The molecule has 1 heterocycles. The molecule has 1 atom stereocenters. The fourth-order valence-corrected chi connectivity index (χ4v) is 2.84. The van der Waals surface area contributed by atoms with Crippen LogP contribution >= 0.6 is 0 Å². The van der Waals surface area contributed by atoms with Crippen molar-refractivity contribution in [2.75, 3.05) is 6.54 Å². The highest BCUT2D eigenvalue weighted by molar-refractivity contribution is 5.67. The smallest absolute Gasteiger partial charge is 0.407 e. The van der Waals surface area contributed by atoms with Crippen LogP contribution in [0, 0.1) is 16.7 Å². The molecule has 2 rings (SSSR count). The second-order valence-corrected chi connectivity index (χ2v) is 6.02. The molecule has 0 aliphatic carbocycles. The van der Waals surface area contributed by atoms with Gasteiger partial charge in [0, 0.05) is 6.54 Å². The zero-order valence-electron chi connectivity index (χ0n) is 11.5. The van der Waals surface area contributed by atoms with Crippen LogP contribution in [0.1, 0.15) is 43.5 Å². The van der Waals surface area contributed by atoms with Gasteiger partial charge in [-0.15, -0.1) is 0 Å². The lowest BCUT2D eigenvalue weighted by Crippen LogP contribution is -2.44. The summed E-state index contributed by atoms with van der Waals surface area (Å²) in [6.07, 6.45) is -0.209. The summed E-state index contributed by atoms with van der Waals surface area (Å²) in [6.45, 7) is 6.61. The predicted molar refractivity (Wildman–Crippen MR) is 71.8 cm³/mol. The average molecular weight is 258 g/mol. The van der Waals surface area contributed by atoms with E-state index in [0.717, 1.165) is 11.1 Å². The van der Waals surface area contributed by atoms with E-state index >= 15 is 0 Å². The number of rotatable bonds is 0. The van der Waals surface area contributed by atoms with Crippen molar-refractivity contribution in [2.24, 2.45) is 5.41 Å². The Bertz CT molecular complexity index is 552. The molecule has 0 spiro atoms. The van der Waals surface area contributed by atoms with Crippen molar-refractivity contribution < 1.29 is 9.90 Å². The van der Waals surface area contributed by atoms with Gasteiger partial charge in [-0.25, -0.2) is 4.79 Å². The molecule has 0 fully saturated rings. The molecule has 0 aromatic heterocycles. The van der Waals surface area contributed by atoms with E-state index in [9.17, 15) is 9.90 Å². The molecule has 0 saturated heterocycles. The number of hydrogen-bond donors (Lipinski definition) is 1. The number of amides is 1. The maximum Gasteiger partial charge on any atom is 0.407 e. The molecule has 0 radical (unpaired) electrons. The molecule has 4 nitrogen and oxygen atoms in total. The van der Waals surface area contributed by atoms with Crippen molar-refractivity contribution in [1.82, 2.24) is 4.90 Å². The fourth-order valence-electron chi connectivity index (χ4n) is 2.84. The molecule has 1 aromatic carbocycles.